The van der Waals surface area contributed by atoms with Crippen molar-refractivity contribution in [3.8, 4) is 5.75 Å². The van der Waals surface area contributed by atoms with Gasteiger partial charge in [-0.3, -0.25) is 4.79 Å². The Bertz CT molecular complexity index is 786. The minimum absolute atomic E-state index is 0.159. The molecule has 2 amide bonds. The Morgan fingerprint density at radius 2 is 1.75 bits per heavy atom. The number of benzene rings is 1. The summed E-state index contributed by atoms with van der Waals surface area (Å²) in [5, 5.41) is 7.57. The van der Waals surface area contributed by atoms with Crippen molar-refractivity contribution in [2.75, 3.05) is 50.0 Å². The Labute approximate surface area is 162 Å². The molecule has 152 valence electrons. The largest absolute Gasteiger partial charge is 0.455 e. The number of pyridine rings is 1. The lowest BCUT2D eigenvalue weighted by atomic mass is 10.3. The molecule has 0 saturated carbocycles. The molecule has 1 aromatic heterocycles. The van der Waals surface area contributed by atoms with E-state index in [0.29, 0.717) is 22.9 Å². The van der Waals surface area contributed by atoms with Gasteiger partial charge < -0.3 is 42.6 Å². The van der Waals surface area contributed by atoms with E-state index < -0.39 is 6.09 Å². The fourth-order valence-electron chi connectivity index (χ4n) is 1.73. The van der Waals surface area contributed by atoms with E-state index >= 15 is 0 Å². The molecule has 2 rings (SSSR count). The summed E-state index contributed by atoms with van der Waals surface area (Å²) in [6.07, 6.45) is -0.542. The molecule has 0 spiro atoms. The van der Waals surface area contributed by atoms with Gasteiger partial charge in [0.05, 0.1) is 17.9 Å². The van der Waals surface area contributed by atoms with Crippen LogP contribution < -0.4 is 37.9 Å². The number of para-hydroxylation sites is 2. The molecule has 0 aliphatic carbocycles. The van der Waals surface area contributed by atoms with Gasteiger partial charge in [-0.15, -0.1) is 0 Å². The van der Waals surface area contributed by atoms with Crippen LogP contribution in [-0.2, 0) is 9.53 Å². The first-order chi connectivity index (χ1) is 13.4. The molecular formula is C17H25N7O4. The number of nitrogen functional groups attached to an aromatic ring is 3. The smallest absolute Gasteiger partial charge is 0.409 e. The maximum Gasteiger partial charge on any atom is 0.409 e. The van der Waals surface area contributed by atoms with Crippen molar-refractivity contribution >= 4 is 35.0 Å². The van der Waals surface area contributed by atoms with E-state index in [1.165, 1.54) is 7.05 Å². The molecule has 28 heavy (non-hydrogen) atoms. The molecule has 1 heterocycles. The van der Waals surface area contributed by atoms with Crippen LogP contribution in [0.1, 0.15) is 0 Å². The van der Waals surface area contributed by atoms with Crippen molar-refractivity contribution in [3.05, 3.63) is 36.4 Å². The summed E-state index contributed by atoms with van der Waals surface area (Å²) in [7, 11) is 3.16. The van der Waals surface area contributed by atoms with Gasteiger partial charge in [-0.25, -0.2) is 9.78 Å². The standard InChI is InChI=1S/C9H12N2O3.C8H13N5O/c1-11-9(12)14-6-13-8-5-3-2-4-7(8)10;1-11-4-7(14)12-6-3-2-5(9)8(10)13-6/h2-5H,6,10H2,1H3,(H,11,12);2-3,11H,4,9H2,1H3,(H3,10,12,13,14). The maximum absolute atomic E-state index is 11.1. The van der Waals surface area contributed by atoms with Crippen molar-refractivity contribution in [1.29, 1.82) is 0 Å². The van der Waals surface area contributed by atoms with E-state index in [2.05, 4.69) is 25.7 Å². The monoisotopic (exact) mass is 391 g/mol. The van der Waals surface area contributed by atoms with Crippen molar-refractivity contribution in [2.45, 2.75) is 0 Å². The second-order valence-electron chi connectivity index (χ2n) is 5.23. The van der Waals surface area contributed by atoms with Crippen LogP contribution in [0.4, 0.5) is 27.8 Å². The van der Waals surface area contributed by atoms with E-state index in [1.807, 2.05) is 0 Å². The number of likely N-dealkylation sites (N-methyl/N-ethyl adjacent to an activating group) is 1. The zero-order valence-electron chi connectivity index (χ0n) is 15.7. The highest BCUT2D eigenvalue weighted by Gasteiger charge is 2.03. The first kappa shape index (κ1) is 22.3. The quantitative estimate of drug-likeness (QED) is 0.299. The summed E-state index contributed by atoms with van der Waals surface area (Å²) >= 11 is 0. The minimum atomic E-state index is -0.542. The molecule has 0 atom stereocenters. The molecule has 11 heteroatoms. The fourth-order valence-corrected chi connectivity index (χ4v) is 1.73. The van der Waals surface area contributed by atoms with Gasteiger partial charge in [0.1, 0.15) is 17.4 Å². The highest BCUT2D eigenvalue weighted by atomic mass is 16.7. The van der Waals surface area contributed by atoms with Gasteiger partial charge in [0, 0.05) is 7.05 Å². The molecule has 1 aromatic carbocycles. The number of nitrogens with two attached hydrogens (primary N) is 3. The molecule has 0 unspecified atom stereocenters. The summed E-state index contributed by atoms with van der Waals surface area (Å²) in [6, 6.07) is 10.2. The van der Waals surface area contributed by atoms with Crippen LogP contribution in [0.3, 0.4) is 0 Å². The van der Waals surface area contributed by atoms with Crippen molar-refractivity contribution in [3.63, 3.8) is 0 Å². The third kappa shape index (κ3) is 8.10. The van der Waals surface area contributed by atoms with E-state index in [4.69, 9.17) is 21.9 Å². The van der Waals surface area contributed by atoms with Gasteiger partial charge in [-0.05, 0) is 31.3 Å². The van der Waals surface area contributed by atoms with E-state index in [0.717, 1.165) is 0 Å². The number of alkyl carbamates (subject to hydrolysis) is 1. The number of amides is 2. The van der Waals surface area contributed by atoms with Gasteiger partial charge in [-0.2, -0.15) is 0 Å². The topological polar surface area (TPSA) is 180 Å². The number of nitrogens with one attached hydrogen (secondary N) is 3. The van der Waals surface area contributed by atoms with Crippen LogP contribution in [0.2, 0.25) is 0 Å². The van der Waals surface area contributed by atoms with Crippen LogP contribution in [-0.4, -0.2) is 44.4 Å². The number of ether oxygens (including phenoxy) is 2. The molecule has 0 fully saturated rings. The zero-order valence-corrected chi connectivity index (χ0v) is 15.7. The number of anilines is 4. The average Bonchev–Trinajstić information content (AvgIpc) is 2.67. The molecule has 0 radical (unpaired) electrons. The second kappa shape index (κ2) is 11.8. The third-order valence-electron chi connectivity index (χ3n) is 3.09. The molecule has 0 bridgehead atoms. The van der Waals surface area contributed by atoms with Crippen LogP contribution in [0.25, 0.3) is 0 Å². The lowest BCUT2D eigenvalue weighted by Crippen LogP contribution is -2.25. The van der Waals surface area contributed by atoms with E-state index in [9.17, 15) is 9.59 Å². The highest BCUT2D eigenvalue weighted by Crippen LogP contribution is 2.19. The Balaban J connectivity index is 0.000000280. The number of aromatic nitrogens is 1. The Hall–Kier alpha value is -3.73. The number of carbonyl (C=O) groups is 2. The fraction of sp³-hybridized carbons (Fsp3) is 0.235. The summed E-state index contributed by atoms with van der Waals surface area (Å²) in [5.74, 6) is 0.935. The number of carbonyl (C=O) groups excluding carboxylic acids is 2. The van der Waals surface area contributed by atoms with Crippen LogP contribution in [0, 0.1) is 0 Å². The molecule has 9 N–H and O–H groups in total. The molecule has 0 aliphatic heterocycles. The normalized spacial score (nSPS) is 9.50. The van der Waals surface area contributed by atoms with E-state index in [-0.39, 0.29) is 25.1 Å². The molecule has 11 nitrogen and oxygen atoms in total. The molecule has 0 saturated heterocycles. The van der Waals surface area contributed by atoms with Gasteiger partial charge in [-0.1, -0.05) is 12.1 Å². The number of rotatable bonds is 6. The van der Waals surface area contributed by atoms with E-state index in [1.54, 1.807) is 43.4 Å². The SMILES string of the molecule is CNC(=O)OCOc1ccccc1N.CNCC(=O)Nc1ccc(N)c(N)n1. The van der Waals surface area contributed by atoms with Gasteiger partial charge in [0.25, 0.3) is 0 Å². The lowest BCUT2D eigenvalue weighted by molar-refractivity contribution is -0.115. The predicted molar refractivity (Wildman–Crippen MR) is 108 cm³/mol. The highest BCUT2D eigenvalue weighted by molar-refractivity contribution is 5.91. The first-order valence-electron chi connectivity index (χ1n) is 8.15. The number of hydrogen-bond donors (Lipinski definition) is 6. The average molecular weight is 391 g/mol. The molecular weight excluding hydrogens is 366 g/mol. The lowest BCUT2D eigenvalue weighted by Gasteiger charge is -2.08. The molecule has 2 aromatic rings. The Morgan fingerprint density at radius 3 is 2.36 bits per heavy atom. The Morgan fingerprint density at radius 1 is 1.04 bits per heavy atom. The number of nitrogens with zero attached hydrogens (tertiary/aromatic N) is 1. The molecule has 0 aliphatic rings. The first-order valence-corrected chi connectivity index (χ1v) is 8.15. The van der Waals surface area contributed by atoms with Crippen molar-refractivity contribution in [2.24, 2.45) is 0 Å². The number of hydrogen-bond acceptors (Lipinski definition) is 9. The maximum atomic E-state index is 11.1. The second-order valence-corrected chi connectivity index (χ2v) is 5.23. The summed E-state index contributed by atoms with van der Waals surface area (Å²) in [5.41, 5.74) is 17.4. The summed E-state index contributed by atoms with van der Waals surface area (Å²) in [4.78, 5) is 25.7. The summed E-state index contributed by atoms with van der Waals surface area (Å²) < 4.78 is 9.72. The minimum Gasteiger partial charge on any atom is -0.455 e. The van der Waals surface area contributed by atoms with Gasteiger partial charge in [0.15, 0.2) is 0 Å². The van der Waals surface area contributed by atoms with Crippen molar-refractivity contribution in [1.82, 2.24) is 15.6 Å². The van der Waals surface area contributed by atoms with Crippen molar-refractivity contribution < 1.29 is 19.1 Å². The summed E-state index contributed by atoms with van der Waals surface area (Å²) in [6.45, 7) is 0.0693. The predicted octanol–water partition coefficient (Wildman–Crippen LogP) is 0.365. The third-order valence-corrected chi connectivity index (χ3v) is 3.09. The van der Waals surface area contributed by atoms with Gasteiger partial charge in [0.2, 0.25) is 12.7 Å². The Kier molecular flexibility index (Phi) is 9.40. The van der Waals surface area contributed by atoms with Crippen LogP contribution in [0.15, 0.2) is 36.4 Å². The van der Waals surface area contributed by atoms with Gasteiger partial charge >= 0.3 is 6.09 Å². The van der Waals surface area contributed by atoms with Crippen LogP contribution >= 0.6 is 0 Å². The zero-order chi connectivity index (χ0) is 20.9. The van der Waals surface area contributed by atoms with Crippen LogP contribution in [0.5, 0.6) is 5.75 Å².